The van der Waals surface area contributed by atoms with E-state index in [0.717, 1.165) is 35.4 Å². The van der Waals surface area contributed by atoms with Crippen LogP contribution in [0.3, 0.4) is 0 Å². The lowest BCUT2D eigenvalue weighted by Gasteiger charge is -2.18. The smallest absolute Gasteiger partial charge is 0.128 e. The fourth-order valence-corrected chi connectivity index (χ4v) is 2.31. The van der Waals surface area contributed by atoms with Crippen molar-refractivity contribution in [3.05, 3.63) is 60.4 Å². The lowest BCUT2D eigenvalue weighted by atomic mass is 10.2. The zero-order valence-electron chi connectivity index (χ0n) is 12.0. The first-order valence-corrected chi connectivity index (χ1v) is 6.99. The van der Waals surface area contributed by atoms with Crippen LogP contribution in [0.15, 0.2) is 54.9 Å². The van der Waals surface area contributed by atoms with Gasteiger partial charge < -0.3 is 10.6 Å². The molecule has 0 spiro atoms. The van der Waals surface area contributed by atoms with Crippen LogP contribution in [0.4, 0.5) is 11.5 Å². The van der Waals surface area contributed by atoms with Gasteiger partial charge in [0.1, 0.15) is 5.82 Å². The number of nitrogens with zero attached hydrogens (tertiary/aromatic N) is 3. The van der Waals surface area contributed by atoms with E-state index in [1.54, 1.807) is 0 Å². The number of benzene rings is 1. The predicted octanol–water partition coefficient (Wildman–Crippen LogP) is 2.89. The van der Waals surface area contributed by atoms with Crippen molar-refractivity contribution in [3.63, 3.8) is 0 Å². The molecule has 2 aromatic heterocycles. The van der Waals surface area contributed by atoms with Gasteiger partial charge in [-0.1, -0.05) is 0 Å². The molecule has 0 saturated carbocycles. The molecule has 0 aliphatic rings. The van der Waals surface area contributed by atoms with Crippen molar-refractivity contribution in [1.29, 1.82) is 0 Å². The fourth-order valence-electron chi connectivity index (χ4n) is 2.31. The van der Waals surface area contributed by atoms with Gasteiger partial charge >= 0.3 is 0 Å². The Morgan fingerprint density at radius 3 is 2.67 bits per heavy atom. The van der Waals surface area contributed by atoms with Crippen LogP contribution < -0.4 is 10.6 Å². The topological polar surface area (TPSA) is 55.0 Å². The Labute approximate surface area is 124 Å². The van der Waals surface area contributed by atoms with Crippen molar-refractivity contribution in [3.8, 4) is 0 Å². The highest BCUT2D eigenvalue weighted by Crippen LogP contribution is 2.19. The molecule has 2 heterocycles. The highest BCUT2D eigenvalue weighted by Gasteiger charge is 2.04. The lowest BCUT2D eigenvalue weighted by Crippen LogP contribution is -2.21. The molecule has 0 radical (unpaired) electrons. The summed E-state index contributed by atoms with van der Waals surface area (Å²) in [5, 5.41) is 1.07. The van der Waals surface area contributed by atoms with Crippen LogP contribution in [-0.4, -0.2) is 23.6 Å². The van der Waals surface area contributed by atoms with Crippen LogP contribution in [0.25, 0.3) is 10.9 Å². The number of fused-ring (bicyclic) bond motifs is 1. The quantitative estimate of drug-likeness (QED) is 0.746. The number of nitrogen functional groups attached to an aromatic ring is 1. The van der Waals surface area contributed by atoms with Gasteiger partial charge in [-0.25, -0.2) is 4.98 Å². The molecular formula is C17H18N4. The van der Waals surface area contributed by atoms with E-state index in [1.165, 1.54) is 5.56 Å². The van der Waals surface area contributed by atoms with E-state index in [9.17, 15) is 0 Å². The van der Waals surface area contributed by atoms with E-state index >= 15 is 0 Å². The summed E-state index contributed by atoms with van der Waals surface area (Å²) in [6.45, 7) is 0.914. The van der Waals surface area contributed by atoms with Gasteiger partial charge in [-0.2, -0.15) is 0 Å². The third kappa shape index (κ3) is 3.11. The van der Waals surface area contributed by atoms with E-state index in [4.69, 9.17) is 5.73 Å². The predicted molar refractivity (Wildman–Crippen MR) is 87.4 cm³/mol. The number of hydrogen-bond donors (Lipinski definition) is 1. The van der Waals surface area contributed by atoms with E-state index in [1.807, 2.05) is 48.8 Å². The highest BCUT2D eigenvalue weighted by molar-refractivity contribution is 5.83. The van der Waals surface area contributed by atoms with E-state index < -0.39 is 0 Å². The van der Waals surface area contributed by atoms with Crippen LogP contribution in [0, 0.1) is 0 Å². The Balaban J connectivity index is 1.75. The summed E-state index contributed by atoms with van der Waals surface area (Å²) in [4.78, 5) is 10.9. The Kier molecular flexibility index (Phi) is 3.69. The average Bonchev–Trinajstić information content (AvgIpc) is 2.53. The molecule has 106 valence electrons. The Morgan fingerprint density at radius 1 is 1.05 bits per heavy atom. The molecule has 0 bridgehead atoms. The number of likely N-dealkylation sites (N-methyl/N-ethyl adjacent to an activating group) is 1. The maximum Gasteiger partial charge on any atom is 0.128 e. The number of rotatable bonds is 4. The summed E-state index contributed by atoms with van der Waals surface area (Å²) in [5.74, 6) is 0.973. The molecule has 0 aliphatic heterocycles. The minimum absolute atomic E-state index is 0.767. The maximum absolute atomic E-state index is 5.79. The van der Waals surface area contributed by atoms with Gasteiger partial charge in [0.25, 0.3) is 0 Å². The monoisotopic (exact) mass is 278 g/mol. The van der Waals surface area contributed by atoms with Gasteiger partial charge in [-0.05, 0) is 54.4 Å². The lowest BCUT2D eigenvalue weighted by molar-refractivity contribution is 0.861. The Hall–Kier alpha value is -2.62. The zero-order valence-corrected chi connectivity index (χ0v) is 12.0. The van der Waals surface area contributed by atoms with Crippen molar-refractivity contribution in [2.45, 2.75) is 6.42 Å². The molecule has 0 fully saturated rings. The number of hydrogen-bond acceptors (Lipinski definition) is 4. The van der Waals surface area contributed by atoms with Crippen molar-refractivity contribution < 1.29 is 0 Å². The summed E-state index contributed by atoms with van der Waals surface area (Å²) < 4.78 is 0. The third-order valence-corrected chi connectivity index (χ3v) is 3.57. The van der Waals surface area contributed by atoms with Crippen LogP contribution in [0.1, 0.15) is 5.56 Å². The van der Waals surface area contributed by atoms with Crippen LogP contribution in [-0.2, 0) is 6.42 Å². The molecule has 4 nitrogen and oxygen atoms in total. The van der Waals surface area contributed by atoms with Crippen molar-refractivity contribution in [1.82, 2.24) is 9.97 Å². The number of pyridine rings is 2. The molecule has 0 amide bonds. The number of anilines is 2. The second-order valence-corrected chi connectivity index (χ2v) is 5.15. The van der Waals surface area contributed by atoms with E-state index in [2.05, 4.69) is 28.0 Å². The molecule has 3 rings (SSSR count). The summed E-state index contributed by atoms with van der Waals surface area (Å²) in [5.41, 5.74) is 8.81. The SMILES string of the molecule is CN(CCc1ccncc1)c1ccc2cc(N)ccc2n1. The number of nitrogens with two attached hydrogens (primary N) is 1. The third-order valence-electron chi connectivity index (χ3n) is 3.57. The molecule has 0 unspecified atom stereocenters. The minimum Gasteiger partial charge on any atom is -0.399 e. The van der Waals surface area contributed by atoms with E-state index in [-0.39, 0.29) is 0 Å². The Morgan fingerprint density at radius 2 is 1.86 bits per heavy atom. The van der Waals surface area contributed by atoms with Crippen molar-refractivity contribution in [2.24, 2.45) is 0 Å². The summed E-state index contributed by atoms with van der Waals surface area (Å²) in [6.07, 6.45) is 4.63. The first kappa shape index (κ1) is 13.4. The molecular weight excluding hydrogens is 260 g/mol. The molecule has 1 aromatic carbocycles. The molecule has 0 atom stereocenters. The molecule has 2 N–H and O–H groups in total. The first-order valence-electron chi connectivity index (χ1n) is 6.99. The largest absolute Gasteiger partial charge is 0.399 e. The van der Waals surface area contributed by atoms with Gasteiger partial charge in [-0.15, -0.1) is 0 Å². The minimum atomic E-state index is 0.767. The second kappa shape index (κ2) is 5.79. The standard InChI is InChI=1S/C17H18N4/c1-21(11-8-13-6-9-19-10-7-13)17-5-2-14-12-15(18)3-4-16(14)20-17/h2-7,9-10,12H,8,11,18H2,1H3. The molecule has 0 saturated heterocycles. The van der Waals surface area contributed by atoms with Crippen molar-refractivity contribution >= 4 is 22.4 Å². The van der Waals surface area contributed by atoms with Crippen LogP contribution in [0.5, 0.6) is 0 Å². The fraction of sp³-hybridized carbons (Fsp3) is 0.176. The van der Waals surface area contributed by atoms with E-state index in [0.29, 0.717) is 0 Å². The van der Waals surface area contributed by atoms with Gasteiger partial charge in [0, 0.05) is 37.1 Å². The van der Waals surface area contributed by atoms with Gasteiger partial charge in [0.05, 0.1) is 5.52 Å². The zero-order chi connectivity index (χ0) is 14.7. The average molecular weight is 278 g/mol. The van der Waals surface area contributed by atoms with Gasteiger partial charge in [0.15, 0.2) is 0 Å². The van der Waals surface area contributed by atoms with Gasteiger partial charge in [0.2, 0.25) is 0 Å². The highest BCUT2D eigenvalue weighted by atomic mass is 15.2. The maximum atomic E-state index is 5.79. The first-order chi connectivity index (χ1) is 10.2. The number of aromatic nitrogens is 2. The molecule has 3 aromatic rings. The summed E-state index contributed by atoms with van der Waals surface area (Å²) in [6, 6.07) is 14.0. The van der Waals surface area contributed by atoms with Gasteiger partial charge in [-0.3, -0.25) is 4.98 Å². The molecule has 0 aliphatic carbocycles. The molecule has 21 heavy (non-hydrogen) atoms. The normalized spacial score (nSPS) is 10.7. The Bertz CT molecular complexity index is 740. The second-order valence-electron chi connectivity index (χ2n) is 5.15. The van der Waals surface area contributed by atoms with Crippen LogP contribution in [0.2, 0.25) is 0 Å². The summed E-state index contributed by atoms with van der Waals surface area (Å²) >= 11 is 0. The van der Waals surface area contributed by atoms with Crippen LogP contribution >= 0.6 is 0 Å². The summed E-state index contributed by atoms with van der Waals surface area (Å²) in [7, 11) is 2.06. The van der Waals surface area contributed by atoms with Crippen molar-refractivity contribution in [2.75, 3.05) is 24.2 Å². The molecule has 4 heteroatoms.